The number of fused-ring (bicyclic) bond motifs is 1. The van der Waals surface area contributed by atoms with E-state index in [4.69, 9.17) is 0 Å². The molecule has 1 aromatic heterocycles. The van der Waals surface area contributed by atoms with Crippen LogP contribution in [0.5, 0.6) is 0 Å². The van der Waals surface area contributed by atoms with E-state index in [1.807, 2.05) is 24.3 Å². The van der Waals surface area contributed by atoms with E-state index >= 15 is 0 Å². The molecule has 0 spiro atoms. The molecule has 1 aromatic carbocycles. The standard InChI is InChI=1S/C14H18N4O/c1-10-8-18(7-6-15-10)9-13-14(19)17-12-5-3-2-4-11(12)16-13/h2-5,10,15H,6-9H2,1H3,(H,17,19)/t10-/m1/s1. The third-order valence-electron chi connectivity index (χ3n) is 3.50. The van der Waals surface area contributed by atoms with Crippen molar-refractivity contribution in [3.05, 3.63) is 40.3 Å². The van der Waals surface area contributed by atoms with Gasteiger partial charge in [0.25, 0.3) is 5.56 Å². The Morgan fingerprint density at radius 1 is 1.42 bits per heavy atom. The van der Waals surface area contributed by atoms with Gasteiger partial charge in [0, 0.05) is 32.2 Å². The zero-order valence-corrected chi connectivity index (χ0v) is 11.0. The van der Waals surface area contributed by atoms with Gasteiger partial charge in [0.15, 0.2) is 0 Å². The van der Waals surface area contributed by atoms with E-state index in [2.05, 4.69) is 27.1 Å². The molecule has 1 saturated heterocycles. The van der Waals surface area contributed by atoms with Crippen molar-refractivity contribution in [1.29, 1.82) is 0 Å². The summed E-state index contributed by atoms with van der Waals surface area (Å²) >= 11 is 0. The van der Waals surface area contributed by atoms with E-state index in [0.29, 0.717) is 18.3 Å². The summed E-state index contributed by atoms with van der Waals surface area (Å²) in [6, 6.07) is 8.10. The SMILES string of the molecule is C[C@@H]1CN(Cc2nc3ccccc3[nH]c2=O)CCN1. The Balaban J connectivity index is 1.88. The summed E-state index contributed by atoms with van der Waals surface area (Å²) in [5.41, 5.74) is 2.17. The van der Waals surface area contributed by atoms with Crippen molar-refractivity contribution in [3.63, 3.8) is 0 Å². The van der Waals surface area contributed by atoms with Crippen LogP contribution in [0.4, 0.5) is 0 Å². The van der Waals surface area contributed by atoms with Gasteiger partial charge in [-0.2, -0.15) is 0 Å². The van der Waals surface area contributed by atoms with Crippen LogP contribution in [0.1, 0.15) is 12.6 Å². The highest BCUT2D eigenvalue weighted by molar-refractivity contribution is 5.73. The second-order valence-electron chi connectivity index (χ2n) is 5.12. The van der Waals surface area contributed by atoms with Gasteiger partial charge in [-0.3, -0.25) is 9.69 Å². The highest BCUT2D eigenvalue weighted by Gasteiger charge is 2.17. The van der Waals surface area contributed by atoms with E-state index < -0.39 is 0 Å². The fourth-order valence-electron chi connectivity index (χ4n) is 2.54. The molecule has 3 rings (SSSR count). The Bertz CT molecular complexity index is 637. The van der Waals surface area contributed by atoms with Crippen molar-refractivity contribution in [1.82, 2.24) is 20.2 Å². The van der Waals surface area contributed by atoms with Crippen molar-refractivity contribution >= 4 is 11.0 Å². The molecule has 2 N–H and O–H groups in total. The highest BCUT2D eigenvalue weighted by atomic mass is 16.1. The van der Waals surface area contributed by atoms with Gasteiger partial charge in [-0.25, -0.2) is 4.98 Å². The van der Waals surface area contributed by atoms with E-state index in [1.54, 1.807) is 0 Å². The average molecular weight is 258 g/mol. The van der Waals surface area contributed by atoms with Gasteiger partial charge < -0.3 is 10.3 Å². The third kappa shape index (κ3) is 2.67. The monoisotopic (exact) mass is 258 g/mol. The van der Waals surface area contributed by atoms with Gasteiger partial charge >= 0.3 is 0 Å². The second kappa shape index (κ2) is 5.11. The summed E-state index contributed by atoms with van der Waals surface area (Å²) in [4.78, 5) is 21.7. The van der Waals surface area contributed by atoms with Gasteiger partial charge in [0.05, 0.1) is 11.0 Å². The molecule has 19 heavy (non-hydrogen) atoms. The first kappa shape index (κ1) is 12.3. The van der Waals surface area contributed by atoms with Gasteiger partial charge in [0.2, 0.25) is 0 Å². The first-order valence-electron chi connectivity index (χ1n) is 6.66. The fraction of sp³-hybridized carbons (Fsp3) is 0.429. The lowest BCUT2D eigenvalue weighted by molar-refractivity contribution is 0.197. The number of H-pyrrole nitrogens is 1. The number of para-hydroxylation sites is 2. The van der Waals surface area contributed by atoms with Crippen LogP contribution >= 0.6 is 0 Å². The zero-order chi connectivity index (χ0) is 13.2. The number of aromatic nitrogens is 2. The maximum Gasteiger partial charge on any atom is 0.271 e. The lowest BCUT2D eigenvalue weighted by Gasteiger charge is -2.31. The highest BCUT2D eigenvalue weighted by Crippen LogP contribution is 2.08. The number of benzene rings is 1. The van der Waals surface area contributed by atoms with E-state index in [1.165, 1.54) is 0 Å². The number of nitrogens with one attached hydrogen (secondary N) is 2. The fourth-order valence-corrected chi connectivity index (χ4v) is 2.54. The molecule has 100 valence electrons. The lowest BCUT2D eigenvalue weighted by Crippen LogP contribution is -2.49. The van der Waals surface area contributed by atoms with Crippen molar-refractivity contribution in [2.24, 2.45) is 0 Å². The number of piperazine rings is 1. The molecule has 1 atom stereocenters. The molecule has 0 amide bonds. The Morgan fingerprint density at radius 3 is 3.11 bits per heavy atom. The molecule has 0 aliphatic carbocycles. The predicted molar refractivity (Wildman–Crippen MR) is 75.1 cm³/mol. The molecule has 1 fully saturated rings. The van der Waals surface area contributed by atoms with Gasteiger partial charge in [0.1, 0.15) is 5.69 Å². The molecule has 2 aromatic rings. The smallest absolute Gasteiger partial charge is 0.271 e. The van der Waals surface area contributed by atoms with Crippen LogP contribution < -0.4 is 10.9 Å². The average Bonchev–Trinajstić information content (AvgIpc) is 2.40. The first-order chi connectivity index (χ1) is 9.22. The number of nitrogens with zero attached hydrogens (tertiary/aromatic N) is 2. The molecule has 1 aliphatic heterocycles. The zero-order valence-electron chi connectivity index (χ0n) is 11.0. The molecule has 0 bridgehead atoms. The Kier molecular flexibility index (Phi) is 3.31. The normalized spacial score (nSPS) is 20.8. The van der Waals surface area contributed by atoms with Crippen LogP contribution in [0.15, 0.2) is 29.1 Å². The summed E-state index contributed by atoms with van der Waals surface area (Å²) in [5, 5.41) is 3.39. The molecule has 0 unspecified atom stereocenters. The van der Waals surface area contributed by atoms with Gasteiger partial charge in [-0.1, -0.05) is 12.1 Å². The number of hydrogen-bond acceptors (Lipinski definition) is 4. The molecular formula is C14H18N4O. The van der Waals surface area contributed by atoms with E-state index in [9.17, 15) is 4.79 Å². The summed E-state index contributed by atoms with van der Waals surface area (Å²) in [6.07, 6.45) is 0. The van der Waals surface area contributed by atoms with Crippen molar-refractivity contribution in [2.75, 3.05) is 19.6 Å². The van der Waals surface area contributed by atoms with E-state index in [-0.39, 0.29) is 5.56 Å². The predicted octanol–water partition coefficient (Wildman–Crippen LogP) is 0.717. The maximum atomic E-state index is 12.0. The minimum Gasteiger partial charge on any atom is -0.319 e. The van der Waals surface area contributed by atoms with E-state index in [0.717, 1.165) is 30.7 Å². The minimum absolute atomic E-state index is 0.0788. The molecule has 0 radical (unpaired) electrons. The summed E-state index contributed by atoms with van der Waals surface area (Å²) < 4.78 is 0. The Morgan fingerprint density at radius 2 is 2.26 bits per heavy atom. The maximum absolute atomic E-state index is 12.0. The van der Waals surface area contributed by atoms with Crippen molar-refractivity contribution in [2.45, 2.75) is 19.5 Å². The number of hydrogen-bond donors (Lipinski definition) is 2. The van der Waals surface area contributed by atoms with Crippen LogP contribution in [0.3, 0.4) is 0 Å². The second-order valence-corrected chi connectivity index (χ2v) is 5.12. The molecule has 5 nitrogen and oxygen atoms in total. The summed E-state index contributed by atoms with van der Waals surface area (Å²) in [5.74, 6) is 0. The Labute approximate surface area is 111 Å². The van der Waals surface area contributed by atoms with Crippen LogP contribution in [0.25, 0.3) is 11.0 Å². The molecule has 0 saturated carbocycles. The largest absolute Gasteiger partial charge is 0.319 e. The third-order valence-corrected chi connectivity index (χ3v) is 3.50. The first-order valence-corrected chi connectivity index (χ1v) is 6.66. The van der Waals surface area contributed by atoms with Crippen LogP contribution in [0.2, 0.25) is 0 Å². The lowest BCUT2D eigenvalue weighted by atomic mass is 10.2. The van der Waals surface area contributed by atoms with Gasteiger partial charge in [-0.15, -0.1) is 0 Å². The molecule has 5 heteroatoms. The quantitative estimate of drug-likeness (QED) is 0.833. The molecular weight excluding hydrogens is 240 g/mol. The minimum atomic E-state index is -0.0788. The Hall–Kier alpha value is -1.72. The molecule has 2 heterocycles. The topological polar surface area (TPSA) is 61.0 Å². The van der Waals surface area contributed by atoms with Crippen molar-refractivity contribution < 1.29 is 0 Å². The van der Waals surface area contributed by atoms with Crippen molar-refractivity contribution in [3.8, 4) is 0 Å². The van der Waals surface area contributed by atoms with Crippen LogP contribution in [-0.2, 0) is 6.54 Å². The molecule has 1 aliphatic rings. The summed E-state index contributed by atoms with van der Waals surface area (Å²) in [6.45, 7) is 5.65. The summed E-state index contributed by atoms with van der Waals surface area (Å²) in [7, 11) is 0. The van der Waals surface area contributed by atoms with Crippen LogP contribution in [0, 0.1) is 0 Å². The number of rotatable bonds is 2. The van der Waals surface area contributed by atoms with Gasteiger partial charge in [-0.05, 0) is 19.1 Å². The van der Waals surface area contributed by atoms with Crippen LogP contribution in [-0.4, -0.2) is 40.5 Å². The number of aromatic amines is 1.